The number of fused-ring (bicyclic) bond motifs is 1. The third-order valence-corrected chi connectivity index (χ3v) is 5.59. The van der Waals surface area contributed by atoms with Crippen molar-refractivity contribution in [1.82, 2.24) is 10.3 Å². The lowest BCUT2D eigenvalue weighted by Gasteiger charge is -2.28. The third kappa shape index (κ3) is 4.44. The molecular formula is C22H19FN4O2S. The number of nitrogens with one attached hydrogen (secondary N) is 2. The van der Waals surface area contributed by atoms with E-state index in [-0.39, 0.29) is 24.3 Å². The molecular weight excluding hydrogens is 403 g/mol. The summed E-state index contributed by atoms with van der Waals surface area (Å²) in [6.45, 7) is 0.648. The highest BCUT2D eigenvalue weighted by Crippen LogP contribution is 2.32. The standard InChI is InChI=1S/C22H19FN4O2S/c23-18-8-2-1-5-16(18)14-25-20(28)15-6-3-7-17(13-15)26-22(29)27-11-12-30-21-19(27)9-4-10-24-21/h1-10,13H,11-12,14H2,(H,25,28)(H,26,29). The normalized spacial score (nSPS) is 12.8. The molecule has 1 aliphatic heterocycles. The number of amides is 3. The summed E-state index contributed by atoms with van der Waals surface area (Å²) in [5.74, 6) is 0.0437. The van der Waals surface area contributed by atoms with Crippen molar-refractivity contribution in [3.05, 3.63) is 83.8 Å². The van der Waals surface area contributed by atoms with E-state index in [1.54, 1.807) is 71.4 Å². The molecule has 0 unspecified atom stereocenters. The maximum absolute atomic E-state index is 13.7. The van der Waals surface area contributed by atoms with Crippen LogP contribution in [0.5, 0.6) is 0 Å². The summed E-state index contributed by atoms with van der Waals surface area (Å²) in [5.41, 5.74) is 2.05. The molecule has 0 atom stereocenters. The van der Waals surface area contributed by atoms with Gasteiger partial charge in [0.25, 0.3) is 5.91 Å². The summed E-state index contributed by atoms with van der Waals surface area (Å²) in [5, 5.41) is 6.36. The molecule has 30 heavy (non-hydrogen) atoms. The second-order valence-corrected chi connectivity index (χ2v) is 7.70. The molecule has 3 aromatic rings. The molecule has 3 amide bonds. The molecule has 1 aliphatic rings. The number of rotatable bonds is 4. The zero-order valence-electron chi connectivity index (χ0n) is 16.0. The Labute approximate surface area is 177 Å². The molecule has 0 spiro atoms. The van der Waals surface area contributed by atoms with E-state index >= 15 is 0 Å². The fourth-order valence-corrected chi connectivity index (χ4v) is 4.04. The number of thioether (sulfide) groups is 1. The summed E-state index contributed by atoms with van der Waals surface area (Å²) in [6, 6.07) is 16.3. The van der Waals surface area contributed by atoms with Crippen LogP contribution in [0.1, 0.15) is 15.9 Å². The third-order valence-electron chi connectivity index (χ3n) is 4.61. The molecule has 4 rings (SSSR count). The molecule has 8 heteroatoms. The van der Waals surface area contributed by atoms with Crippen molar-refractivity contribution in [2.75, 3.05) is 22.5 Å². The Balaban J connectivity index is 1.43. The van der Waals surface area contributed by atoms with Crippen LogP contribution < -0.4 is 15.5 Å². The number of hydrogen-bond donors (Lipinski definition) is 2. The number of pyridine rings is 1. The van der Waals surface area contributed by atoms with Gasteiger partial charge in [-0.25, -0.2) is 14.2 Å². The van der Waals surface area contributed by atoms with E-state index in [0.717, 1.165) is 16.5 Å². The first kappa shape index (κ1) is 19.9. The van der Waals surface area contributed by atoms with Crippen LogP contribution in [0.3, 0.4) is 0 Å². The van der Waals surface area contributed by atoms with E-state index in [1.807, 2.05) is 6.07 Å². The van der Waals surface area contributed by atoms with Crippen LogP contribution in [0.4, 0.5) is 20.6 Å². The molecule has 0 fully saturated rings. The van der Waals surface area contributed by atoms with Gasteiger partial charge in [-0.05, 0) is 36.4 Å². The van der Waals surface area contributed by atoms with Crippen molar-refractivity contribution >= 4 is 35.1 Å². The zero-order valence-corrected chi connectivity index (χ0v) is 16.8. The van der Waals surface area contributed by atoms with Gasteiger partial charge in [-0.2, -0.15) is 0 Å². The first-order valence-electron chi connectivity index (χ1n) is 9.40. The van der Waals surface area contributed by atoms with Gasteiger partial charge in [0.15, 0.2) is 0 Å². The van der Waals surface area contributed by atoms with Crippen LogP contribution in [0, 0.1) is 5.82 Å². The van der Waals surface area contributed by atoms with Gasteiger partial charge in [-0.15, -0.1) is 11.8 Å². The van der Waals surface area contributed by atoms with E-state index in [2.05, 4.69) is 15.6 Å². The Hall–Kier alpha value is -3.39. The number of anilines is 2. The van der Waals surface area contributed by atoms with E-state index in [0.29, 0.717) is 23.4 Å². The Morgan fingerprint density at radius 2 is 1.97 bits per heavy atom. The number of nitrogens with zero attached hydrogens (tertiary/aromatic N) is 2. The highest BCUT2D eigenvalue weighted by atomic mass is 32.2. The minimum absolute atomic E-state index is 0.0807. The minimum atomic E-state index is -0.367. The number of carbonyl (C=O) groups is 2. The van der Waals surface area contributed by atoms with Crippen molar-refractivity contribution in [2.24, 2.45) is 0 Å². The smallest absolute Gasteiger partial charge is 0.326 e. The van der Waals surface area contributed by atoms with Gasteiger partial charge in [0.2, 0.25) is 0 Å². The zero-order chi connectivity index (χ0) is 20.9. The average molecular weight is 422 g/mol. The molecule has 0 bridgehead atoms. The molecule has 2 N–H and O–H groups in total. The molecule has 0 radical (unpaired) electrons. The Bertz CT molecular complexity index is 1090. The van der Waals surface area contributed by atoms with Gasteiger partial charge >= 0.3 is 6.03 Å². The SMILES string of the molecule is O=C(NCc1ccccc1F)c1cccc(NC(=O)N2CCSc3ncccc32)c1. The number of carbonyl (C=O) groups excluding carboxylic acids is 2. The molecule has 1 aromatic heterocycles. The number of benzene rings is 2. The van der Waals surface area contributed by atoms with Gasteiger partial charge in [0.05, 0.1) is 5.69 Å². The number of urea groups is 1. The van der Waals surface area contributed by atoms with Crippen molar-refractivity contribution in [2.45, 2.75) is 11.6 Å². The molecule has 2 heterocycles. The lowest BCUT2D eigenvalue weighted by Crippen LogP contribution is -2.38. The fourth-order valence-electron chi connectivity index (χ4n) is 3.11. The van der Waals surface area contributed by atoms with E-state index in [9.17, 15) is 14.0 Å². The van der Waals surface area contributed by atoms with Crippen molar-refractivity contribution in [3.8, 4) is 0 Å². The van der Waals surface area contributed by atoms with E-state index < -0.39 is 0 Å². The quantitative estimate of drug-likeness (QED) is 0.658. The summed E-state index contributed by atoms with van der Waals surface area (Å²) in [6.07, 6.45) is 1.70. The van der Waals surface area contributed by atoms with Crippen molar-refractivity contribution in [1.29, 1.82) is 0 Å². The molecule has 152 valence electrons. The van der Waals surface area contributed by atoms with E-state index in [1.165, 1.54) is 6.07 Å². The summed E-state index contributed by atoms with van der Waals surface area (Å²) >= 11 is 1.61. The number of aromatic nitrogens is 1. The van der Waals surface area contributed by atoms with Gasteiger partial charge in [0.1, 0.15) is 10.8 Å². The van der Waals surface area contributed by atoms with Gasteiger partial charge in [-0.1, -0.05) is 24.3 Å². The summed E-state index contributed by atoms with van der Waals surface area (Å²) in [7, 11) is 0. The first-order chi connectivity index (χ1) is 14.6. The lowest BCUT2D eigenvalue weighted by atomic mass is 10.1. The number of hydrogen-bond acceptors (Lipinski definition) is 4. The summed E-state index contributed by atoms with van der Waals surface area (Å²) < 4.78 is 13.7. The van der Waals surface area contributed by atoms with Crippen LogP contribution in [-0.4, -0.2) is 29.2 Å². The monoisotopic (exact) mass is 422 g/mol. The second-order valence-electron chi connectivity index (χ2n) is 6.61. The van der Waals surface area contributed by atoms with Crippen LogP contribution >= 0.6 is 11.8 Å². The highest BCUT2D eigenvalue weighted by molar-refractivity contribution is 7.99. The number of halogens is 1. The first-order valence-corrected chi connectivity index (χ1v) is 10.4. The Morgan fingerprint density at radius 3 is 2.83 bits per heavy atom. The van der Waals surface area contributed by atoms with Crippen LogP contribution in [0.2, 0.25) is 0 Å². The highest BCUT2D eigenvalue weighted by Gasteiger charge is 2.23. The van der Waals surface area contributed by atoms with Gasteiger partial charge in [-0.3, -0.25) is 9.69 Å². The minimum Gasteiger partial charge on any atom is -0.348 e. The van der Waals surface area contributed by atoms with Crippen LogP contribution in [-0.2, 0) is 6.54 Å². The van der Waals surface area contributed by atoms with Crippen molar-refractivity contribution in [3.63, 3.8) is 0 Å². The maximum Gasteiger partial charge on any atom is 0.326 e. The molecule has 2 aromatic carbocycles. The fraction of sp³-hybridized carbons (Fsp3) is 0.136. The topological polar surface area (TPSA) is 74.3 Å². The largest absolute Gasteiger partial charge is 0.348 e. The van der Waals surface area contributed by atoms with E-state index in [4.69, 9.17) is 0 Å². The molecule has 0 saturated carbocycles. The molecule has 6 nitrogen and oxygen atoms in total. The van der Waals surface area contributed by atoms with Crippen LogP contribution in [0.15, 0.2) is 71.9 Å². The Kier molecular flexibility index (Phi) is 5.94. The van der Waals surface area contributed by atoms with Gasteiger partial charge in [0, 0.05) is 41.9 Å². The Morgan fingerprint density at radius 1 is 1.10 bits per heavy atom. The lowest BCUT2D eigenvalue weighted by molar-refractivity contribution is 0.0950. The molecule has 0 aliphatic carbocycles. The average Bonchev–Trinajstić information content (AvgIpc) is 2.78. The molecule has 0 saturated heterocycles. The summed E-state index contributed by atoms with van der Waals surface area (Å²) in [4.78, 5) is 31.2. The second kappa shape index (κ2) is 8.96. The van der Waals surface area contributed by atoms with Crippen LogP contribution in [0.25, 0.3) is 0 Å². The van der Waals surface area contributed by atoms with Crippen molar-refractivity contribution < 1.29 is 14.0 Å². The van der Waals surface area contributed by atoms with Gasteiger partial charge < -0.3 is 10.6 Å². The predicted molar refractivity (Wildman–Crippen MR) is 115 cm³/mol. The maximum atomic E-state index is 13.7. The predicted octanol–water partition coefficient (Wildman–Crippen LogP) is 4.29.